The molecule has 1 rings (SSSR count). The first-order chi connectivity index (χ1) is 7.20. The van der Waals surface area contributed by atoms with Crippen LogP contribution in [0.1, 0.15) is 40.9 Å². The van der Waals surface area contributed by atoms with E-state index in [-0.39, 0.29) is 5.54 Å². The number of carboxylic acids is 1. The van der Waals surface area contributed by atoms with Gasteiger partial charge in [0.25, 0.3) is 0 Å². The molecule has 0 saturated carbocycles. The molecule has 0 bridgehead atoms. The minimum absolute atomic E-state index is 0.322. The molecule has 3 heteroatoms. The summed E-state index contributed by atoms with van der Waals surface area (Å²) in [5.41, 5.74) is 8.79. The van der Waals surface area contributed by atoms with Crippen LogP contribution in [0.25, 0.3) is 0 Å². The zero-order valence-corrected chi connectivity index (χ0v) is 10.3. The van der Waals surface area contributed by atoms with E-state index in [9.17, 15) is 4.79 Å². The zero-order chi connectivity index (χ0) is 12.5. The fraction of sp³-hybridized carbons (Fsp3) is 0.462. The predicted octanol–water partition coefficient (Wildman–Crippen LogP) is 2.28. The van der Waals surface area contributed by atoms with Crippen LogP contribution in [0.2, 0.25) is 0 Å². The minimum atomic E-state index is -0.878. The summed E-state index contributed by atoms with van der Waals surface area (Å²) in [6.45, 7) is 7.62. The second-order valence-electron chi connectivity index (χ2n) is 5.06. The van der Waals surface area contributed by atoms with E-state index in [4.69, 9.17) is 10.8 Å². The molecule has 88 valence electrons. The molecule has 0 radical (unpaired) electrons. The third kappa shape index (κ3) is 3.07. The van der Waals surface area contributed by atoms with E-state index >= 15 is 0 Å². The molecule has 0 saturated heterocycles. The van der Waals surface area contributed by atoms with Crippen LogP contribution in [0.3, 0.4) is 0 Å². The van der Waals surface area contributed by atoms with Crippen molar-refractivity contribution in [3.8, 4) is 0 Å². The number of carbonyl (C=O) groups is 1. The van der Waals surface area contributed by atoms with Crippen molar-refractivity contribution in [2.45, 2.75) is 39.7 Å². The number of carboxylic acid groups (broad SMARTS) is 1. The van der Waals surface area contributed by atoms with Gasteiger partial charge in [-0.1, -0.05) is 6.07 Å². The molecule has 0 unspecified atom stereocenters. The Morgan fingerprint density at radius 1 is 1.38 bits per heavy atom. The Balaban J connectivity index is 3.19. The van der Waals surface area contributed by atoms with Gasteiger partial charge in [0.2, 0.25) is 0 Å². The molecule has 16 heavy (non-hydrogen) atoms. The van der Waals surface area contributed by atoms with Gasteiger partial charge in [0.15, 0.2) is 0 Å². The molecule has 0 spiro atoms. The molecule has 3 nitrogen and oxygen atoms in total. The van der Waals surface area contributed by atoms with Crippen molar-refractivity contribution >= 4 is 5.97 Å². The largest absolute Gasteiger partial charge is 0.478 e. The highest BCUT2D eigenvalue weighted by Crippen LogP contribution is 2.19. The van der Waals surface area contributed by atoms with E-state index in [1.807, 2.05) is 33.8 Å². The lowest BCUT2D eigenvalue weighted by Gasteiger charge is -2.19. The molecule has 0 aliphatic rings. The van der Waals surface area contributed by atoms with Gasteiger partial charge in [0, 0.05) is 5.54 Å². The molecule has 0 heterocycles. The van der Waals surface area contributed by atoms with Gasteiger partial charge in [-0.25, -0.2) is 4.79 Å². The van der Waals surface area contributed by atoms with Crippen LogP contribution in [0.4, 0.5) is 0 Å². The van der Waals surface area contributed by atoms with E-state index in [0.717, 1.165) is 16.7 Å². The predicted molar refractivity (Wildman–Crippen MR) is 64.8 cm³/mol. The summed E-state index contributed by atoms with van der Waals surface area (Å²) in [5, 5.41) is 9.08. The van der Waals surface area contributed by atoms with Gasteiger partial charge in [-0.3, -0.25) is 0 Å². The van der Waals surface area contributed by atoms with Crippen molar-refractivity contribution in [3.05, 3.63) is 34.4 Å². The summed E-state index contributed by atoms with van der Waals surface area (Å²) in [6, 6.07) is 3.73. The summed E-state index contributed by atoms with van der Waals surface area (Å²) in [6.07, 6.45) is 0.675. The maximum Gasteiger partial charge on any atom is 0.335 e. The van der Waals surface area contributed by atoms with Gasteiger partial charge in [0.05, 0.1) is 5.56 Å². The Morgan fingerprint density at radius 3 is 2.38 bits per heavy atom. The molecule has 3 N–H and O–H groups in total. The number of rotatable bonds is 3. The third-order valence-corrected chi connectivity index (χ3v) is 2.62. The normalized spacial score (nSPS) is 11.6. The first kappa shape index (κ1) is 12.7. The van der Waals surface area contributed by atoms with Crippen LogP contribution in [-0.2, 0) is 6.42 Å². The van der Waals surface area contributed by atoms with E-state index < -0.39 is 5.97 Å². The molecule has 0 aliphatic carbocycles. The maximum absolute atomic E-state index is 11.1. The lowest BCUT2D eigenvalue weighted by atomic mass is 9.91. The number of nitrogens with two attached hydrogens (primary N) is 1. The topological polar surface area (TPSA) is 63.3 Å². The lowest BCUT2D eigenvalue weighted by molar-refractivity contribution is 0.0696. The monoisotopic (exact) mass is 221 g/mol. The van der Waals surface area contributed by atoms with Crippen LogP contribution in [0, 0.1) is 13.8 Å². The van der Waals surface area contributed by atoms with Gasteiger partial charge in [0.1, 0.15) is 0 Å². The average molecular weight is 221 g/mol. The van der Waals surface area contributed by atoms with Gasteiger partial charge in [-0.05, 0) is 56.9 Å². The number of aryl methyl sites for hydroxylation is 1. The standard InChI is InChI=1S/C13H19NO2/c1-8-5-10(7-13(3,4)14)6-11(9(8)2)12(15)16/h5-6H,7,14H2,1-4H3,(H,15,16). The molecule has 1 aromatic rings. The summed E-state index contributed by atoms with van der Waals surface area (Å²) in [7, 11) is 0. The SMILES string of the molecule is Cc1cc(CC(C)(C)N)cc(C(=O)O)c1C. The average Bonchev–Trinajstić information content (AvgIpc) is 2.07. The zero-order valence-electron chi connectivity index (χ0n) is 10.3. The Kier molecular flexibility index (Phi) is 3.38. The summed E-state index contributed by atoms with van der Waals surface area (Å²) in [4.78, 5) is 11.1. The first-order valence-corrected chi connectivity index (χ1v) is 5.33. The number of hydrogen-bond donors (Lipinski definition) is 2. The van der Waals surface area contributed by atoms with Crippen LogP contribution < -0.4 is 5.73 Å². The molecule has 0 aliphatic heterocycles. The van der Waals surface area contributed by atoms with Gasteiger partial charge in [-0.15, -0.1) is 0 Å². The molecule has 0 fully saturated rings. The fourth-order valence-electron chi connectivity index (χ4n) is 1.78. The Bertz CT molecular complexity index is 417. The highest BCUT2D eigenvalue weighted by atomic mass is 16.4. The van der Waals surface area contributed by atoms with Crippen molar-refractivity contribution in [1.82, 2.24) is 0 Å². The summed E-state index contributed by atoms with van der Waals surface area (Å²) in [5.74, 6) is -0.878. The van der Waals surface area contributed by atoms with Crippen LogP contribution in [-0.4, -0.2) is 16.6 Å². The molecular formula is C13H19NO2. The Hall–Kier alpha value is -1.35. The first-order valence-electron chi connectivity index (χ1n) is 5.33. The number of hydrogen-bond acceptors (Lipinski definition) is 2. The van der Waals surface area contributed by atoms with Crippen LogP contribution >= 0.6 is 0 Å². The lowest BCUT2D eigenvalue weighted by Crippen LogP contribution is -2.34. The van der Waals surface area contributed by atoms with Gasteiger partial charge >= 0.3 is 5.97 Å². The fourth-order valence-corrected chi connectivity index (χ4v) is 1.78. The van der Waals surface area contributed by atoms with Gasteiger partial charge < -0.3 is 10.8 Å². The minimum Gasteiger partial charge on any atom is -0.478 e. The second kappa shape index (κ2) is 4.26. The number of benzene rings is 1. The third-order valence-electron chi connectivity index (χ3n) is 2.62. The van der Waals surface area contributed by atoms with Crippen molar-refractivity contribution in [2.24, 2.45) is 5.73 Å². The van der Waals surface area contributed by atoms with Gasteiger partial charge in [-0.2, -0.15) is 0 Å². The van der Waals surface area contributed by atoms with E-state index in [1.165, 1.54) is 0 Å². The van der Waals surface area contributed by atoms with Crippen LogP contribution in [0.15, 0.2) is 12.1 Å². The van der Waals surface area contributed by atoms with E-state index in [1.54, 1.807) is 6.07 Å². The quantitative estimate of drug-likeness (QED) is 0.823. The Morgan fingerprint density at radius 2 is 1.94 bits per heavy atom. The van der Waals surface area contributed by atoms with E-state index in [2.05, 4.69) is 0 Å². The second-order valence-corrected chi connectivity index (χ2v) is 5.06. The van der Waals surface area contributed by atoms with Crippen LogP contribution in [0.5, 0.6) is 0 Å². The van der Waals surface area contributed by atoms with Crippen molar-refractivity contribution in [1.29, 1.82) is 0 Å². The molecule has 0 aromatic heterocycles. The van der Waals surface area contributed by atoms with Crippen molar-refractivity contribution in [2.75, 3.05) is 0 Å². The highest BCUT2D eigenvalue weighted by Gasteiger charge is 2.15. The number of aromatic carboxylic acids is 1. The van der Waals surface area contributed by atoms with E-state index in [0.29, 0.717) is 12.0 Å². The van der Waals surface area contributed by atoms with Crippen molar-refractivity contribution in [3.63, 3.8) is 0 Å². The summed E-state index contributed by atoms with van der Waals surface area (Å²) >= 11 is 0. The highest BCUT2D eigenvalue weighted by molar-refractivity contribution is 5.90. The molecule has 0 amide bonds. The Labute approximate surface area is 96.3 Å². The maximum atomic E-state index is 11.1. The molecule has 0 atom stereocenters. The van der Waals surface area contributed by atoms with Crippen molar-refractivity contribution < 1.29 is 9.90 Å². The smallest absolute Gasteiger partial charge is 0.335 e. The summed E-state index contributed by atoms with van der Waals surface area (Å²) < 4.78 is 0. The molecular weight excluding hydrogens is 202 g/mol. The molecule has 1 aromatic carbocycles.